The molecule has 1 aromatic carbocycles. The van der Waals surface area contributed by atoms with Crippen molar-refractivity contribution in [2.24, 2.45) is 5.41 Å². The van der Waals surface area contributed by atoms with Crippen LogP contribution in [0, 0.1) is 5.41 Å². The summed E-state index contributed by atoms with van der Waals surface area (Å²) in [6, 6.07) is 5.76. The van der Waals surface area contributed by atoms with Crippen LogP contribution in [0.3, 0.4) is 0 Å². The fourth-order valence-corrected chi connectivity index (χ4v) is 3.30. The summed E-state index contributed by atoms with van der Waals surface area (Å²) in [5.41, 5.74) is 0.290. The molecule has 1 aliphatic rings. The molecule has 1 aliphatic carbocycles. The van der Waals surface area contributed by atoms with Crippen molar-refractivity contribution in [3.05, 3.63) is 23.8 Å². The van der Waals surface area contributed by atoms with E-state index < -0.39 is 9.75 Å². The molecule has 1 saturated carbocycles. The number of benzene rings is 1. The van der Waals surface area contributed by atoms with Crippen LogP contribution >= 0.6 is 35.4 Å². The van der Waals surface area contributed by atoms with Gasteiger partial charge in [-0.05, 0) is 49.7 Å². The lowest BCUT2D eigenvalue weighted by molar-refractivity contribution is -0.124. The highest BCUT2D eigenvalue weighted by Gasteiger charge is 2.68. The van der Waals surface area contributed by atoms with Crippen molar-refractivity contribution < 1.29 is 14.3 Å². The normalized spacial score (nSPS) is 20.6. The van der Waals surface area contributed by atoms with Crippen molar-refractivity contribution in [2.45, 2.75) is 24.1 Å². The number of alkyl halides is 2. The van der Waals surface area contributed by atoms with Gasteiger partial charge in [0, 0.05) is 13.6 Å². The van der Waals surface area contributed by atoms with Crippen LogP contribution in [-0.2, 0) is 11.2 Å². The Kier molecular flexibility index (Phi) is 6.07. The topological polar surface area (TPSA) is 50.8 Å². The smallest absolute Gasteiger partial charge is 0.235 e. The lowest BCUT2D eigenvalue weighted by Crippen LogP contribution is -2.44. The van der Waals surface area contributed by atoms with E-state index in [0.29, 0.717) is 29.6 Å². The molecule has 1 amide bonds. The fraction of sp³-hybridized carbons (Fsp3) is 0.529. The predicted molar refractivity (Wildman–Crippen MR) is 104 cm³/mol. The Morgan fingerprint density at radius 1 is 1.32 bits per heavy atom. The first-order valence-electron chi connectivity index (χ1n) is 7.80. The second kappa shape index (κ2) is 7.56. The summed E-state index contributed by atoms with van der Waals surface area (Å²) < 4.78 is 9.52. The summed E-state index contributed by atoms with van der Waals surface area (Å²) in [7, 11) is 5.03. The van der Waals surface area contributed by atoms with Crippen LogP contribution in [0.1, 0.15) is 18.9 Å². The fourth-order valence-electron chi connectivity index (χ4n) is 2.41. The summed E-state index contributed by atoms with van der Waals surface area (Å²) in [6.07, 6.45) is 1.16. The minimum atomic E-state index is -1.01. The molecule has 0 spiro atoms. The number of hydrogen-bond donors (Lipinski definition) is 1. The summed E-state index contributed by atoms with van der Waals surface area (Å²) in [5.74, 6) is 1.12. The Morgan fingerprint density at radius 3 is 2.44 bits per heavy atom. The standard InChI is InChI=1S/C17H22Cl2N2O3S/c1-16(10-17(16,18)19)14(22)20-15(25)21(2)8-7-11-5-6-12(23-3)13(9-11)24-4/h5-6,9H,7-8,10H2,1-4H3,(H,20,22,25)/t16-/m0/s1. The monoisotopic (exact) mass is 404 g/mol. The number of amides is 1. The van der Waals surface area contributed by atoms with Gasteiger partial charge in [0.25, 0.3) is 0 Å². The van der Waals surface area contributed by atoms with Gasteiger partial charge in [0.1, 0.15) is 4.33 Å². The van der Waals surface area contributed by atoms with Crippen molar-refractivity contribution in [1.82, 2.24) is 10.2 Å². The van der Waals surface area contributed by atoms with Crippen LogP contribution in [-0.4, -0.2) is 48.1 Å². The van der Waals surface area contributed by atoms with E-state index >= 15 is 0 Å². The summed E-state index contributed by atoms with van der Waals surface area (Å²) >= 11 is 17.3. The number of nitrogens with zero attached hydrogens (tertiary/aromatic N) is 1. The van der Waals surface area contributed by atoms with Gasteiger partial charge >= 0.3 is 0 Å². The Balaban J connectivity index is 1.89. The molecule has 5 nitrogen and oxygen atoms in total. The number of carbonyl (C=O) groups is 1. The van der Waals surface area contributed by atoms with E-state index in [-0.39, 0.29) is 5.91 Å². The molecule has 0 aromatic heterocycles. The van der Waals surface area contributed by atoms with Crippen molar-refractivity contribution in [3.8, 4) is 11.5 Å². The van der Waals surface area contributed by atoms with Gasteiger partial charge in [0.2, 0.25) is 5.91 Å². The van der Waals surface area contributed by atoms with Crippen LogP contribution in [0.2, 0.25) is 0 Å². The molecule has 1 fully saturated rings. The van der Waals surface area contributed by atoms with E-state index in [4.69, 9.17) is 44.9 Å². The maximum Gasteiger partial charge on any atom is 0.235 e. The Bertz CT molecular complexity index is 684. The number of halogens is 2. The Hall–Kier alpha value is -1.24. The van der Waals surface area contributed by atoms with Crippen molar-refractivity contribution in [1.29, 1.82) is 0 Å². The highest BCUT2D eigenvalue weighted by molar-refractivity contribution is 7.80. The average molecular weight is 405 g/mol. The van der Waals surface area contributed by atoms with Crippen molar-refractivity contribution >= 4 is 46.4 Å². The minimum Gasteiger partial charge on any atom is -0.493 e. The molecule has 0 unspecified atom stereocenters. The van der Waals surface area contributed by atoms with E-state index in [1.807, 2.05) is 25.2 Å². The van der Waals surface area contributed by atoms with Gasteiger partial charge in [-0.25, -0.2) is 0 Å². The zero-order valence-electron chi connectivity index (χ0n) is 14.7. The van der Waals surface area contributed by atoms with Gasteiger partial charge in [-0.1, -0.05) is 6.07 Å². The van der Waals surface area contributed by atoms with E-state index in [9.17, 15) is 4.79 Å². The molecular formula is C17H22Cl2N2O3S. The highest BCUT2D eigenvalue weighted by Crippen LogP contribution is 2.63. The number of thiocarbonyl (C=S) groups is 1. The summed E-state index contributed by atoms with van der Waals surface area (Å²) in [6.45, 7) is 2.37. The molecule has 2 rings (SSSR count). The Morgan fingerprint density at radius 2 is 1.92 bits per heavy atom. The Labute approximate surface area is 163 Å². The van der Waals surface area contributed by atoms with Gasteiger partial charge < -0.3 is 19.7 Å². The molecule has 8 heteroatoms. The largest absolute Gasteiger partial charge is 0.493 e. The first-order valence-corrected chi connectivity index (χ1v) is 8.96. The zero-order valence-corrected chi connectivity index (χ0v) is 17.0. The molecule has 0 heterocycles. The molecule has 1 aromatic rings. The average Bonchev–Trinajstić information content (AvgIpc) is 3.11. The second-order valence-electron chi connectivity index (χ2n) is 6.33. The van der Waals surface area contributed by atoms with Crippen LogP contribution in [0.4, 0.5) is 0 Å². The van der Waals surface area contributed by atoms with E-state index in [1.54, 1.807) is 26.0 Å². The van der Waals surface area contributed by atoms with Crippen LogP contribution in [0.25, 0.3) is 0 Å². The van der Waals surface area contributed by atoms with Gasteiger partial charge in [-0.15, -0.1) is 23.2 Å². The highest BCUT2D eigenvalue weighted by atomic mass is 35.5. The quantitative estimate of drug-likeness (QED) is 0.582. The van der Waals surface area contributed by atoms with E-state index in [1.165, 1.54) is 0 Å². The lowest BCUT2D eigenvalue weighted by atomic mass is 10.1. The molecule has 0 bridgehead atoms. The number of carbonyl (C=O) groups excluding carboxylic acids is 1. The van der Waals surface area contributed by atoms with Crippen molar-refractivity contribution in [3.63, 3.8) is 0 Å². The first-order chi connectivity index (χ1) is 11.6. The molecular weight excluding hydrogens is 383 g/mol. The number of nitrogens with one attached hydrogen (secondary N) is 1. The molecule has 1 N–H and O–H groups in total. The van der Waals surface area contributed by atoms with Crippen molar-refractivity contribution in [2.75, 3.05) is 27.8 Å². The molecule has 25 heavy (non-hydrogen) atoms. The maximum atomic E-state index is 12.3. The molecule has 138 valence electrons. The number of likely N-dealkylation sites (N-methyl/N-ethyl adjacent to an activating group) is 1. The maximum absolute atomic E-state index is 12.3. The number of hydrogen-bond acceptors (Lipinski definition) is 4. The predicted octanol–water partition coefficient (Wildman–Crippen LogP) is 3.16. The molecule has 0 radical (unpaired) electrons. The molecule has 0 aliphatic heterocycles. The van der Waals surface area contributed by atoms with E-state index in [0.717, 1.165) is 12.0 Å². The number of ether oxygens (including phenoxy) is 2. The van der Waals surface area contributed by atoms with Gasteiger partial charge in [0.05, 0.1) is 19.6 Å². The van der Waals surface area contributed by atoms with Gasteiger partial charge in [0.15, 0.2) is 16.6 Å². The number of rotatable bonds is 6. The minimum absolute atomic E-state index is 0.250. The SMILES string of the molecule is COc1ccc(CCN(C)C(=S)NC(=O)[C@]2(C)CC2(Cl)Cl)cc1OC. The third-order valence-corrected chi connectivity index (χ3v) is 6.03. The van der Waals surface area contributed by atoms with Gasteiger partial charge in [-0.3, -0.25) is 4.79 Å². The van der Waals surface area contributed by atoms with E-state index in [2.05, 4.69) is 5.32 Å². The van der Waals surface area contributed by atoms with Crippen LogP contribution in [0.15, 0.2) is 18.2 Å². The van der Waals surface area contributed by atoms with Crippen LogP contribution in [0.5, 0.6) is 11.5 Å². The number of methoxy groups -OCH3 is 2. The van der Waals surface area contributed by atoms with Gasteiger partial charge in [-0.2, -0.15) is 0 Å². The third kappa shape index (κ3) is 4.30. The summed E-state index contributed by atoms with van der Waals surface area (Å²) in [4.78, 5) is 14.1. The summed E-state index contributed by atoms with van der Waals surface area (Å²) in [5, 5.41) is 3.07. The lowest BCUT2D eigenvalue weighted by Gasteiger charge is -2.22. The first kappa shape index (κ1) is 20.1. The third-order valence-electron chi connectivity index (χ3n) is 4.51. The molecule has 0 saturated heterocycles. The zero-order chi connectivity index (χ0) is 18.8. The van der Waals surface area contributed by atoms with Crippen LogP contribution < -0.4 is 14.8 Å². The molecule has 1 atom stereocenters. The second-order valence-corrected chi connectivity index (χ2v) is 8.20.